The zero-order valence-electron chi connectivity index (χ0n) is 10.2. The predicted octanol–water partition coefficient (Wildman–Crippen LogP) is 3.21. The van der Waals surface area contributed by atoms with Crippen molar-refractivity contribution in [2.24, 2.45) is 0 Å². The first-order valence-corrected chi connectivity index (χ1v) is 6.63. The number of carbonyl (C=O) groups is 1. The highest BCUT2D eigenvalue weighted by Gasteiger charge is 2.57. The van der Waals surface area contributed by atoms with Crippen LogP contribution in [0.3, 0.4) is 0 Å². The number of fused-ring (bicyclic) bond motifs is 1. The Kier molecular flexibility index (Phi) is 4.00. The molecule has 0 saturated heterocycles. The van der Waals surface area contributed by atoms with Crippen LogP contribution in [0.1, 0.15) is 10.5 Å². The molecular formula is C11H7BrF5N3O. The predicted molar refractivity (Wildman–Crippen MR) is 66.7 cm³/mol. The Morgan fingerprint density at radius 3 is 2.48 bits per heavy atom. The standard InChI is InChI=1S/C11H7BrF5N3O/c12-2-9(21)7-1-6-3-19-20(8(6)4-18-7)5-10(13,14)11(15,16)17/h1,3-4H,2,5H2. The van der Waals surface area contributed by atoms with Gasteiger partial charge in [-0.25, -0.2) is 0 Å². The summed E-state index contributed by atoms with van der Waals surface area (Å²) < 4.78 is 63.1. The lowest BCUT2D eigenvalue weighted by atomic mass is 10.2. The number of rotatable bonds is 4. The summed E-state index contributed by atoms with van der Waals surface area (Å²) in [4.78, 5) is 15.2. The molecule has 2 heterocycles. The Hall–Kier alpha value is -1.58. The molecule has 0 aliphatic rings. The summed E-state index contributed by atoms with van der Waals surface area (Å²) in [6.07, 6.45) is -3.51. The number of alkyl halides is 6. The molecule has 4 nitrogen and oxygen atoms in total. The fourth-order valence-electron chi connectivity index (χ4n) is 1.60. The molecule has 10 heteroatoms. The lowest BCUT2D eigenvalue weighted by Gasteiger charge is -2.19. The molecule has 0 unspecified atom stereocenters. The van der Waals surface area contributed by atoms with E-state index in [1.165, 1.54) is 6.07 Å². The Balaban J connectivity index is 2.38. The molecule has 0 amide bonds. The van der Waals surface area contributed by atoms with Gasteiger partial charge in [0.2, 0.25) is 0 Å². The minimum Gasteiger partial charge on any atom is -0.291 e. The topological polar surface area (TPSA) is 47.8 Å². The van der Waals surface area contributed by atoms with Gasteiger partial charge in [0.1, 0.15) is 12.2 Å². The normalized spacial score (nSPS) is 12.9. The zero-order chi connectivity index (χ0) is 15.8. The van der Waals surface area contributed by atoms with Gasteiger partial charge in [-0.1, -0.05) is 15.9 Å². The van der Waals surface area contributed by atoms with Crippen LogP contribution in [0, 0.1) is 0 Å². The Morgan fingerprint density at radius 2 is 1.90 bits per heavy atom. The number of Topliss-reactive ketones (excluding diaryl/α,β-unsaturated/α-hetero) is 1. The number of halogens is 6. The van der Waals surface area contributed by atoms with Crippen LogP contribution in [0.15, 0.2) is 18.5 Å². The first-order chi connectivity index (χ1) is 9.65. The van der Waals surface area contributed by atoms with Crippen molar-refractivity contribution < 1.29 is 26.7 Å². The Bertz CT molecular complexity index is 682. The molecule has 0 aromatic carbocycles. The largest absolute Gasteiger partial charge is 0.455 e. The molecule has 2 aromatic rings. The van der Waals surface area contributed by atoms with Crippen LogP contribution in [-0.4, -0.2) is 38.0 Å². The van der Waals surface area contributed by atoms with Crippen molar-refractivity contribution in [1.82, 2.24) is 14.8 Å². The van der Waals surface area contributed by atoms with E-state index in [1.807, 2.05) is 0 Å². The van der Waals surface area contributed by atoms with E-state index in [2.05, 4.69) is 26.0 Å². The van der Waals surface area contributed by atoms with Gasteiger partial charge in [-0.2, -0.15) is 27.1 Å². The quantitative estimate of drug-likeness (QED) is 0.471. The lowest BCUT2D eigenvalue weighted by Crippen LogP contribution is -2.40. The van der Waals surface area contributed by atoms with Crippen LogP contribution < -0.4 is 0 Å². The number of hydrogen-bond acceptors (Lipinski definition) is 3. The summed E-state index contributed by atoms with van der Waals surface area (Å²) in [6.45, 7) is -1.65. The monoisotopic (exact) mass is 371 g/mol. The molecule has 0 radical (unpaired) electrons. The van der Waals surface area contributed by atoms with E-state index in [0.29, 0.717) is 4.68 Å². The summed E-state index contributed by atoms with van der Waals surface area (Å²) in [5.41, 5.74) is 0.0616. The molecule has 21 heavy (non-hydrogen) atoms. The molecule has 2 rings (SSSR count). The average molecular weight is 372 g/mol. The van der Waals surface area contributed by atoms with E-state index in [0.717, 1.165) is 12.4 Å². The van der Waals surface area contributed by atoms with Crippen LogP contribution in [-0.2, 0) is 6.54 Å². The molecule has 0 aliphatic carbocycles. The van der Waals surface area contributed by atoms with Crippen molar-refractivity contribution in [2.75, 3.05) is 5.33 Å². The van der Waals surface area contributed by atoms with Gasteiger partial charge in [0, 0.05) is 5.39 Å². The van der Waals surface area contributed by atoms with Crippen molar-refractivity contribution in [3.63, 3.8) is 0 Å². The lowest BCUT2D eigenvalue weighted by molar-refractivity contribution is -0.287. The van der Waals surface area contributed by atoms with Crippen LogP contribution in [0.2, 0.25) is 0 Å². The molecule has 0 saturated carbocycles. The number of carbonyl (C=O) groups excluding carboxylic acids is 1. The van der Waals surface area contributed by atoms with E-state index < -0.39 is 18.6 Å². The van der Waals surface area contributed by atoms with E-state index in [4.69, 9.17) is 0 Å². The zero-order valence-corrected chi connectivity index (χ0v) is 11.7. The van der Waals surface area contributed by atoms with E-state index >= 15 is 0 Å². The summed E-state index contributed by atoms with van der Waals surface area (Å²) in [7, 11) is 0. The van der Waals surface area contributed by atoms with Crippen LogP contribution in [0.4, 0.5) is 22.0 Å². The number of hydrogen-bond donors (Lipinski definition) is 0. The first kappa shape index (κ1) is 15.8. The second-order valence-corrected chi connectivity index (χ2v) is 4.75. The van der Waals surface area contributed by atoms with Crippen molar-refractivity contribution in [3.05, 3.63) is 24.2 Å². The van der Waals surface area contributed by atoms with Gasteiger partial charge in [0.15, 0.2) is 5.78 Å². The molecule has 0 aliphatic heterocycles. The Labute approximate surface area is 123 Å². The maximum atomic E-state index is 13.0. The summed E-state index contributed by atoms with van der Waals surface area (Å²) in [5.74, 6) is -5.25. The number of pyridine rings is 1. The van der Waals surface area contributed by atoms with Crippen LogP contribution >= 0.6 is 15.9 Å². The van der Waals surface area contributed by atoms with Gasteiger partial charge >= 0.3 is 12.1 Å². The van der Waals surface area contributed by atoms with Crippen molar-refractivity contribution in [2.45, 2.75) is 18.6 Å². The van der Waals surface area contributed by atoms with Gasteiger partial charge in [-0.05, 0) is 6.07 Å². The van der Waals surface area contributed by atoms with Crippen molar-refractivity contribution in [1.29, 1.82) is 0 Å². The highest BCUT2D eigenvalue weighted by molar-refractivity contribution is 9.09. The minimum absolute atomic E-state index is 0.00922. The highest BCUT2D eigenvalue weighted by Crippen LogP contribution is 2.37. The summed E-state index contributed by atoms with van der Waals surface area (Å²) >= 11 is 2.95. The van der Waals surface area contributed by atoms with Gasteiger partial charge < -0.3 is 0 Å². The van der Waals surface area contributed by atoms with Gasteiger partial charge in [-0.3, -0.25) is 14.5 Å². The maximum Gasteiger partial charge on any atom is 0.455 e. The van der Waals surface area contributed by atoms with Crippen molar-refractivity contribution in [3.8, 4) is 0 Å². The number of nitrogens with zero attached hydrogens (tertiary/aromatic N) is 3. The van der Waals surface area contributed by atoms with Crippen LogP contribution in [0.5, 0.6) is 0 Å². The van der Waals surface area contributed by atoms with Gasteiger partial charge in [0.25, 0.3) is 0 Å². The molecule has 0 fully saturated rings. The molecule has 0 atom stereocenters. The first-order valence-electron chi connectivity index (χ1n) is 5.51. The molecule has 114 valence electrons. The fourth-order valence-corrected chi connectivity index (χ4v) is 1.89. The SMILES string of the molecule is O=C(CBr)c1cc2cnn(CC(F)(F)C(F)(F)F)c2cn1. The minimum atomic E-state index is -5.66. The maximum absolute atomic E-state index is 13.0. The molecule has 0 bridgehead atoms. The second-order valence-electron chi connectivity index (χ2n) is 4.19. The van der Waals surface area contributed by atoms with Crippen LogP contribution in [0.25, 0.3) is 10.9 Å². The molecule has 0 spiro atoms. The third-order valence-electron chi connectivity index (χ3n) is 2.70. The fraction of sp³-hybridized carbons (Fsp3) is 0.364. The second kappa shape index (κ2) is 5.32. The number of aromatic nitrogens is 3. The highest BCUT2D eigenvalue weighted by atomic mass is 79.9. The Morgan fingerprint density at radius 1 is 1.24 bits per heavy atom. The van der Waals surface area contributed by atoms with E-state index in [1.54, 1.807) is 0 Å². The van der Waals surface area contributed by atoms with Gasteiger partial charge in [0.05, 0.1) is 23.2 Å². The van der Waals surface area contributed by atoms with Crippen molar-refractivity contribution >= 4 is 32.6 Å². The van der Waals surface area contributed by atoms with Gasteiger partial charge in [-0.15, -0.1) is 0 Å². The molecular weight excluding hydrogens is 365 g/mol. The summed E-state index contributed by atoms with van der Waals surface area (Å²) in [6, 6.07) is 1.29. The average Bonchev–Trinajstić information content (AvgIpc) is 2.78. The summed E-state index contributed by atoms with van der Waals surface area (Å²) in [5, 5.41) is 3.77. The third kappa shape index (κ3) is 3.04. The third-order valence-corrected chi connectivity index (χ3v) is 3.21. The number of ketones is 1. The molecule has 2 aromatic heterocycles. The van der Waals surface area contributed by atoms with E-state index in [9.17, 15) is 26.7 Å². The van der Waals surface area contributed by atoms with E-state index in [-0.39, 0.29) is 27.7 Å². The molecule has 0 N–H and O–H groups in total. The smallest absolute Gasteiger partial charge is 0.291 e.